The molecular formula is C12H19N3O2S. The molecule has 0 spiro atoms. The Kier molecular flexibility index (Phi) is 4.54. The number of aryl methyl sites for hydroxylation is 1. The summed E-state index contributed by atoms with van der Waals surface area (Å²) >= 11 is 1.57. The molecule has 0 unspecified atom stereocenters. The quantitative estimate of drug-likeness (QED) is 0.851. The van der Waals surface area contributed by atoms with Gasteiger partial charge in [0.1, 0.15) is 0 Å². The standard InChI is InChI=1S/C12H19N3O2S/c1-15-6-4-9(5-7-15)13-12-14-10(8-18-12)2-3-11(16)17/h8-9H,2-7H2,1H3,(H,13,14)(H,16,17). The maximum absolute atomic E-state index is 10.5. The zero-order chi connectivity index (χ0) is 13.0. The molecule has 2 N–H and O–H groups in total. The number of carboxylic acid groups (broad SMARTS) is 1. The van der Waals surface area contributed by atoms with Gasteiger partial charge < -0.3 is 15.3 Å². The number of carboxylic acids is 1. The first-order chi connectivity index (χ1) is 8.63. The number of thiazole rings is 1. The van der Waals surface area contributed by atoms with E-state index in [1.54, 1.807) is 11.3 Å². The van der Waals surface area contributed by atoms with Gasteiger partial charge in [-0.05, 0) is 33.0 Å². The molecule has 0 bridgehead atoms. The number of nitrogens with zero attached hydrogens (tertiary/aromatic N) is 2. The van der Waals surface area contributed by atoms with Gasteiger partial charge in [0, 0.05) is 17.8 Å². The van der Waals surface area contributed by atoms with Crippen molar-refractivity contribution in [3.8, 4) is 0 Å². The lowest BCUT2D eigenvalue weighted by molar-refractivity contribution is -0.136. The number of carbonyl (C=O) groups is 1. The van der Waals surface area contributed by atoms with Crippen LogP contribution in [0.4, 0.5) is 5.13 Å². The van der Waals surface area contributed by atoms with E-state index in [2.05, 4.69) is 22.2 Å². The van der Waals surface area contributed by atoms with Crippen LogP contribution in [-0.2, 0) is 11.2 Å². The Morgan fingerprint density at radius 1 is 1.61 bits per heavy atom. The lowest BCUT2D eigenvalue weighted by Gasteiger charge is -2.29. The first-order valence-corrected chi connectivity index (χ1v) is 7.13. The van der Waals surface area contributed by atoms with Gasteiger partial charge >= 0.3 is 5.97 Å². The Hall–Kier alpha value is -1.14. The van der Waals surface area contributed by atoms with E-state index in [1.165, 1.54) is 0 Å². The summed E-state index contributed by atoms with van der Waals surface area (Å²) in [4.78, 5) is 17.2. The van der Waals surface area contributed by atoms with Gasteiger partial charge in [-0.2, -0.15) is 0 Å². The Bertz CT molecular complexity index is 400. The maximum Gasteiger partial charge on any atom is 0.303 e. The summed E-state index contributed by atoms with van der Waals surface area (Å²) in [7, 11) is 2.14. The minimum absolute atomic E-state index is 0.150. The van der Waals surface area contributed by atoms with E-state index in [4.69, 9.17) is 5.11 Å². The molecular weight excluding hydrogens is 250 g/mol. The number of aliphatic carboxylic acids is 1. The van der Waals surface area contributed by atoms with Gasteiger partial charge in [-0.15, -0.1) is 11.3 Å². The second kappa shape index (κ2) is 6.15. The molecule has 1 saturated heterocycles. The molecule has 18 heavy (non-hydrogen) atoms. The SMILES string of the molecule is CN1CCC(Nc2nc(CCC(=O)O)cs2)CC1. The lowest BCUT2D eigenvalue weighted by atomic mass is 10.1. The first-order valence-electron chi connectivity index (χ1n) is 6.25. The number of anilines is 1. The van der Waals surface area contributed by atoms with Crippen molar-refractivity contribution in [2.24, 2.45) is 0 Å². The van der Waals surface area contributed by atoms with Crippen molar-refractivity contribution in [3.05, 3.63) is 11.1 Å². The number of aromatic nitrogens is 1. The van der Waals surface area contributed by atoms with Gasteiger partial charge in [0.2, 0.25) is 0 Å². The van der Waals surface area contributed by atoms with E-state index in [9.17, 15) is 4.79 Å². The molecule has 5 nitrogen and oxygen atoms in total. The van der Waals surface area contributed by atoms with E-state index in [1.807, 2.05) is 5.38 Å². The Labute approximate surface area is 111 Å². The maximum atomic E-state index is 10.5. The lowest BCUT2D eigenvalue weighted by Crippen LogP contribution is -2.36. The van der Waals surface area contributed by atoms with E-state index in [0.717, 1.165) is 36.8 Å². The van der Waals surface area contributed by atoms with Gasteiger partial charge in [-0.25, -0.2) is 4.98 Å². The number of piperidine rings is 1. The molecule has 0 aromatic carbocycles. The van der Waals surface area contributed by atoms with Crippen molar-refractivity contribution in [2.75, 3.05) is 25.5 Å². The summed E-state index contributed by atoms with van der Waals surface area (Å²) in [6, 6.07) is 0.500. The second-order valence-corrected chi connectivity index (χ2v) is 5.62. The van der Waals surface area contributed by atoms with Crippen molar-refractivity contribution < 1.29 is 9.90 Å². The van der Waals surface area contributed by atoms with Gasteiger partial charge in [-0.3, -0.25) is 4.79 Å². The second-order valence-electron chi connectivity index (χ2n) is 4.76. The van der Waals surface area contributed by atoms with Crippen molar-refractivity contribution in [3.63, 3.8) is 0 Å². The van der Waals surface area contributed by atoms with E-state index >= 15 is 0 Å². The van der Waals surface area contributed by atoms with Gasteiger partial charge in [0.15, 0.2) is 5.13 Å². The zero-order valence-electron chi connectivity index (χ0n) is 10.6. The highest BCUT2D eigenvalue weighted by Gasteiger charge is 2.17. The third kappa shape index (κ3) is 3.96. The highest BCUT2D eigenvalue weighted by molar-refractivity contribution is 7.13. The van der Waals surface area contributed by atoms with Crippen LogP contribution in [-0.4, -0.2) is 47.1 Å². The summed E-state index contributed by atoms with van der Waals surface area (Å²) in [5.74, 6) is -0.771. The third-order valence-corrected chi connectivity index (χ3v) is 4.02. The molecule has 1 aliphatic heterocycles. The number of hydrogen-bond acceptors (Lipinski definition) is 5. The van der Waals surface area contributed by atoms with Crippen LogP contribution in [0.1, 0.15) is 25.0 Å². The van der Waals surface area contributed by atoms with Gasteiger partial charge in [-0.1, -0.05) is 0 Å². The van der Waals surface area contributed by atoms with Gasteiger partial charge in [0.25, 0.3) is 0 Å². The van der Waals surface area contributed by atoms with Crippen molar-refractivity contribution in [1.82, 2.24) is 9.88 Å². The number of likely N-dealkylation sites (tertiary alicyclic amines) is 1. The fraction of sp³-hybridized carbons (Fsp3) is 0.667. The van der Waals surface area contributed by atoms with E-state index in [0.29, 0.717) is 12.5 Å². The van der Waals surface area contributed by atoms with Crippen LogP contribution in [0.3, 0.4) is 0 Å². The smallest absolute Gasteiger partial charge is 0.303 e. The normalized spacial score (nSPS) is 17.8. The van der Waals surface area contributed by atoms with Crippen LogP contribution in [0, 0.1) is 0 Å². The molecule has 0 saturated carbocycles. The van der Waals surface area contributed by atoms with Crippen LogP contribution in [0.5, 0.6) is 0 Å². The van der Waals surface area contributed by atoms with E-state index < -0.39 is 5.97 Å². The Morgan fingerprint density at radius 2 is 2.33 bits per heavy atom. The molecule has 2 rings (SSSR count). The number of rotatable bonds is 5. The molecule has 2 heterocycles. The van der Waals surface area contributed by atoms with Gasteiger partial charge in [0.05, 0.1) is 12.1 Å². The summed E-state index contributed by atoms with van der Waals surface area (Å²) < 4.78 is 0. The van der Waals surface area contributed by atoms with Crippen LogP contribution in [0.2, 0.25) is 0 Å². The third-order valence-electron chi connectivity index (χ3n) is 3.19. The predicted octanol–water partition coefficient (Wildman–Crippen LogP) is 1.67. The Morgan fingerprint density at radius 3 is 3.00 bits per heavy atom. The molecule has 1 aliphatic rings. The predicted molar refractivity (Wildman–Crippen MR) is 72.2 cm³/mol. The average Bonchev–Trinajstić information content (AvgIpc) is 2.77. The van der Waals surface area contributed by atoms with Crippen molar-refractivity contribution in [2.45, 2.75) is 31.7 Å². The number of nitrogens with one attached hydrogen (secondary N) is 1. The minimum Gasteiger partial charge on any atom is -0.481 e. The molecule has 100 valence electrons. The van der Waals surface area contributed by atoms with Crippen LogP contribution in [0.15, 0.2) is 5.38 Å². The first kappa shape index (κ1) is 13.3. The van der Waals surface area contributed by atoms with Crippen molar-refractivity contribution in [1.29, 1.82) is 0 Å². The fourth-order valence-corrected chi connectivity index (χ4v) is 2.87. The minimum atomic E-state index is -0.771. The largest absolute Gasteiger partial charge is 0.481 e. The topological polar surface area (TPSA) is 65.5 Å². The molecule has 1 aromatic rings. The molecule has 0 radical (unpaired) electrons. The molecule has 1 fully saturated rings. The summed E-state index contributed by atoms with van der Waals surface area (Å²) in [5.41, 5.74) is 0.873. The summed E-state index contributed by atoms with van der Waals surface area (Å²) in [5, 5.41) is 14.9. The van der Waals surface area contributed by atoms with Crippen LogP contribution in [0.25, 0.3) is 0 Å². The molecule has 0 aliphatic carbocycles. The van der Waals surface area contributed by atoms with E-state index in [-0.39, 0.29) is 6.42 Å². The summed E-state index contributed by atoms with van der Waals surface area (Å²) in [6.45, 7) is 2.24. The highest BCUT2D eigenvalue weighted by Crippen LogP contribution is 2.20. The zero-order valence-corrected chi connectivity index (χ0v) is 11.4. The van der Waals surface area contributed by atoms with Crippen molar-refractivity contribution >= 4 is 22.4 Å². The molecule has 6 heteroatoms. The Balaban J connectivity index is 1.81. The monoisotopic (exact) mass is 269 g/mol. The number of hydrogen-bond donors (Lipinski definition) is 2. The fourth-order valence-electron chi connectivity index (χ4n) is 2.05. The molecule has 0 amide bonds. The molecule has 0 atom stereocenters. The summed E-state index contributed by atoms with van der Waals surface area (Å²) in [6.07, 6.45) is 2.94. The average molecular weight is 269 g/mol. The highest BCUT2D eigenvalue weighted by atomic mass is 32.1. The van der Waals surface area contributed by atoms with Crippen LogP contribution < -0.4 is 5.32 Å². The molecule has 1 aromatic heterocycles. The van der Waals surface area contributed by atoms with Crippen LogP contribution >= 0.6 is 11.3 Å².